The highest BCUT2D eigenvalue weighted by Gasteiger charge is 2.03. The molecule has 0 aromatic carbocycles. The molecule has 0 aliphatic rings. The lowest BCUT2D eigenvalue weighted by atomic mass is 10.1. The molecule has 0 saturated heterocycles. The molecule has 0 spiro atoms. The fourth-order valence-electron chi connectivity index (χ4n) is 0.538. The Hall–Kier alpha value is -0.830. The fourth-order valence-corrected chi connectivity index (χ4v) is 0.538. The minimum absolute atomic E-state index is 0.0104. The van der Waals surface area contributed by atoms with Crippen molar-refractivity contribution in [3.8, 4) is 0 Å². The second-order valence-electron chi connectivity index (χ2n) is 2.18. The Kier molecular flexibility index (Phi) is 3.72. The van der Waals surface area contributed by atoms with Gasteiger partial charge in [0, 0.05) is 12.2 Å². The van der Waals surface area contributed by atoms with Crippen LogP contribution in [0, 0.1) is 0 Å². The van der Waals surface area contributed by atoms with E-state index in [-0.39, 0.29) is 6.61 Å². The summed E-state index contributed by atoms with van der Waals surface area (Å²) in [7, 11) is 0. The largest absolute Gasteiger partial charge is 0.478 e. The van der Waals surface area contributed by atoms with Gasteiger partial charge >= 0.3 is 5.97 Å². The quantitative estimate of drug-likeness (QED) is 0.576. The molecule has 3 heteroatoms. The molecule has 0 bridgehead atoms. The average Bonchev–Trinajstić information content (AvgIpc) is 1.87. The summed E-state index contributed by atoms with van der Waals surface area (Å²) in [6.45, 7) is 3.25. The van der Waals surface area contributed by atoms with E-state index in [1.807, 2.05) is 0 Å². The molecule has 0 fully saturated rings. The lowest BCUT2D eigenvalue weighted by Gasteiger charge is -1.99. The van der Waals surface area contributed by atoms with Gasteiger partial charge in [0.2, 0.25) is 0 Å². The highest BCUT2D eigenvalue weighted by atomic mass is 16.4. The van der Waals surface area contributed by atoms with E-state index < -0.39 is 5.97 Å². The van der Waals surface area contributed by atoms with Gasteiger partial charge < -0.3 is 10.2 Å². The number of carboxylic acid groups (broad SMARTS) is 1. The van der Waals surface area contributed by atoms with Gasteiger partial charge in [0.05, 0.1) is 0 Å². The molecule has 3 nitrogen and oxygen atoms in total. The van der Waals surface area contributed by atoms with Gasteiger partial charge in [0.15, 0.2) is 0 Å². The molecule has 10 heavy (non-hydrogen) atoms. The highest BCUT2D eigenvalue weighted by molar-refractivity contribution is 5.86. The first-order chi connectivity index (χ1) is 4.59. The molecular weight excluding hydrogens is 132 g/mol. The Bertz CT molecular complexity index is 158. The third-order valence-electron chi connectivity index (χ3n) is 1.45. The van der Waals surface area contributed by atoms with E-state index >= 15 is 0 Å². The predicted molar refractivity (Wildman–Crippen MR) is 37.7 cm³/mol. The number of rotatable bonds is 3. The lowest BCUT2D eigenvalue weighted by molar-refractivity contribution is -0.132. The molecule has 0 atom stereocenters. The molecule has 0 radical (unpaired) electrons. The Morgan fingerprint density at radius 1 is 1.40 bits per heavy atom. The normalized spacial score (nSPS) is 12.7. The number of hydrogen-bond donors (Lipinski definition) is 2. The third kappa shape index (κ3) is 2.64. The van der Waals surface area contributed by atoms with Crippen molar-refractivity contribution in [3.05, 3.63) is 11.1 Å². The number of hydrogen-bond acceptors (Lipinski definition) is 2. The van der Waals surface area contributed by atoms with Crippen molar-refractivity contribution >= 4 is 5.97 Å². The van der Waals surface area contributed by atoms with Crippen molar-refractivity contribution < 1.29 is 15.0 Å². The van der Waals surface area contributed by atoms with Gasteiger partial charge in [-0.05, 0) is 20.3 Å². The van der Waals surface area contributed by atoms with Crippen LogP contribution < -0.4 is 0 Å². The van der Waals surface area contributed by atoms with Crippen molar-refractivity contribution in [3.63, 3.8) is 0 Å². The van der Waals surface area contributed by atoms with Gasteiger partial charge in [0.1, 0.15) is 0 Å². The number of carboxylic acids is 1. The SMILES string of the molecule is C/C(CCO)=C(\C)C(=O)O. The summed E-state index contributed by atoms with van der Waals surface area (Å²) < 4.78 is 0. The molecule has 0 aliphatic carbocycles. The maximum atomic E-state index is 10.3. The summed E-state index contributed by atoms with van der Waals surface area (Å²) in [4.78, 5) is 10.3. The minimum Gasteiger partial charge on any atom is -0.478 e. The van der Waals surface area contributed by atoms with Crippen LogP contribution in [0.1, 0.15) is 20.3 Å². The van der Waals surface area contributed by atoms with Gasteiger partial charge in [-0.25, -0.2) is 4.79 Å². The summed E-state index contributed by atoms with van der Waals surface area (Å²) in [5.41, 5.74) is 1.06. The highest BCUT2D eigenvalue weighted by Crippen LogP contribution is 2.06. The van der Waals surface area contributed by atoms with Gasteiger partial charge in [-0.2, -0.15) is 0 Å². The number of aliphatic hydroxyl groups excluding tert-OH is 1. The summed E-state index contributed by atoms with van der Waals surface area (Å²) in [5.74, 6) is -0.911. The Balaban J connectivity index is 4.19. The molecule has 0 unspecified atom stereocenters. The van der Waals surface area contributed by atoms with E-state index in [1.54, 1.807) is 6.92 Å². The van der Waals surface area contributed by atoms with Crippen LogP contribution in [0.3, 0.4) is 0 Å². The van der Waals surface area contributed by atoms with Gasteiger partial charge in [0.25, 0.3) is 0 Å². The molecule has 0 heterocycles. The minimum atomic E-state index is -0.911. The molecule has 0 aromatic heterocycles. The zero-order valence-electron chi connectivity index (χ0n) is 6.22. The van der Waals surface area contributed by atoms with Crippen LogP contribution >= 0.6 is 0 Å². The summed E-state index contributed by atoms with van der Waals surface area (Å²) in [5, 5.41) is 16.9. The fraction of sp³-hybridized carbons (Fsp3) is 0.571. The van der Waals surface area contributed by atoms with Crippen LogP contribution in [0.2, 0.25) is 0 Å². The van der Waals surface area contributed by atoms with Crippen molar-refractivity contribution in [1.29, 1.82) is 0 Å². The molecule has 2 N–H and O–H groups in total. The molecule has 0 aromatic rings. The maximum Gasteiger partial charge on any atom is 0.331 e. The Morgan fingerprint density at radius 2 is 1.90 bits per heavy atom. The first-order valence-electron chi connectivity index (χ1n) is 3.10. The van der Waals surface area contributed by atoms with Crippen molar-refractivity contribution in [2.24, 2.45) is 0 Å². The maximum absolute atomic E-state index is 10.3. The average molecular weight is 144 g/mol. The van der Waals surface area contributed by atoms with E-state index in [2.05, 4.69) is 0 Å². The number of aliphatic hydroxyl groups is 1. The van der Waals surface area contributed by atoms with Crippen molar-refractivity contribution in [1.82, 2.24) is 0 Å². The molecule has 58 valence electrons. The van der Waals surface area contributed by atoms with Crippen LogP contribution in [-0.2, 0) is 4.79 Å². The molecule has 0 aliphatic heterocycles. The summed E-state index contributed by atoms with van der Waals surface area (Å²) in [6, 6.07) is 0. The van der Waals surface area contributed by atoms with E-state index in [0.717, 1.165) is 5.57 Å². The zero-order valence-corrected chi connectivity index (χ0v) is 6.22. The number of carbonyl (C=O) groups is 1. The van der Waals surface area contributed by atoms with Crippen LogP contribution in [0.5, 0.6) is 0 Å². The molecule has 0 rings (SSSR count). The molecule has 0 saturated carbocycles. The Morgan fingerprint density at radius 3 is 2.20 bits per heavy atom. The first-order valence-corrected chi connectivity index (χ1v) is 3.10. The standard InChI is InChI=1S/C7H12O3/c1-5(3-4-8)6(2)7(9)10/h8H,3-4H2,1-2H3,(H,9,10)/b6-5-. The first kappa shape index (κ1) is 9.17. The molecule has 0 amide bonds. The summed E-state index contributed by atoms with van der Waals surface area (Å²) in [6.07, 6.45) is 0.443. The Labute approximate surface area is 60.0 Å². The monoisotopic (exact) mass is 144 g/mol. The number of aliphatic carboxylic acids is 1. The van der Waals surface area contributed by atoms with Crippen LogP contribution in [0.15, 0.2) is 11.1 Å². The molecular formula is C7H12O3. The van der Waals surface area contributed by atoms with E-state index in [4.69, 9.17) is 10.2 Å². The van der Waals surface area contributed by atoms with Gasteiger partial charge in [-0.1, -0.05) is 5.57 Å². The van der Waals surface area contributed by atoms with Gasteiger partial charge in [-0.3, -0.25) is 0 Å². The van der Waals surface area contributed by atoms with Crippen molar-refractivity contribution in [2.45, 2.75) is 20.3 Å². The second kappa shape index (κ2) is 4.06. The van der Waals surface area contributed by atoms with Crippen LogP contribution in [-0.4, -0.2) is 22.8 Å². The smallest absolute Gasteiger partial charge is 0.331 e. The van der Waals surface area contributed by atoms with Gasteiger partial charge in [-0.15, -0.1) is 0 Å². The van der Waals surface area contributed by atoms with Crippen LogP contribution in [0.4, 0.5) is 0 Å². The van der Waals surface area contributed by atoms with E-state index in [1.165, 1.54) is 6.92 Å². The topological polar surface area (TPSA) is 57.5 Å². The van der Waals surface area contributed by atoms with E-state index in [0.29, 0.717) is 12.0 Å². The lowest BCUT2D eigenvalue weighted by Crippen LogP contribution is -2.00. The van der Waals surface area contributed by atoms with E-state index in [9.17, 15) is 4.79 Å². The van der Waals surface area contributed by atoms with Crippen LogP contribution in [0.25, 0.3) is 0 Å². The summed E-state index contributed by atoms with van der Waals surface area (Å²) >= 11 is 0. The third-order valence-corrected chi connectivity index (χ3v) is 1.45. The zero-order chi connectivity index (χ0) is 8.15. The van der Waals surface area contributed by atoms with Crippen molar-refractivity contribution in [2.75, 3.05) is 6.61 Å². The second-order valence-corrected chi connectivity index (χ2v) is 2.18. The predicted octanol–water partition coefficient (Wildman–Crippen LogP) is 0.790.